The van der Waals surface area contributed by atoms with Crippen LogP contribution in [-0.4, -0.2) is 28.5 Å². The van der Waals surface area contributed by atoms with Gasteiger partial charge in [0.2, 0.25) is 0 Å². The molecule has 0 unspecified atom stereocenters. The van der Waals surface area contributed by atoms with Crippen LogP contribution < -0.4 is 20.9 Å². The van der Waals surface area contributed by atoms with Gasteiger partial charge in [-0.3, -0.25) is 10.2 Å². The van der Waals surface area contributed by atoms with Crippen molar-refractivity contribution >= 4 is 33.7 Å². The highest BCUT2D eigenvalue weighted by Crippen LogP contribution is 2.21. The van der Waals surface area contributed by atoms with Gasteiger partial charge in [0.05, 0.1) is 11.0 Å². The van der Waals surface area contributed by atoms with Gasteiger partial charge in [0, 0.05) is 18.5 Å². The molecule has 4 N–H and O–H groups in total. The molecule has 1 aromatic heterocycles. The van der Waals surface area contributed by atoms with E-state index in [0.29, 0.717) is 31.6 Å². The lowest BCUT2D eigenvalue weighted by Gasteiger charge is -2.10. The van der Waals surface area contributed by atoms with Gasteiger partial charge in [0.15, 0.2) is 0 Å². The molecule has 8 nitrogen and oxygen atoms in total. The van der Waals surface area contributed by atoms with Crippen LogP contribution in [0.4, 0.5) is 4.79 Å². The number of carbonyl (C=O) groups is 2. The summed E-state index contributed by atoms with van der Waals surface area (Å²) >= 11 is 0. The average molecular weight is 494 g/mol. The number of rotatable bonds is 8. The summed E-state index contributed by atoms with van der Waals surface area (Å²) in [5, 5.41) is 5.01. The summed E-state index contributed by atoms with van der Waals surface area (Å²) < 4.78 is 5.90. The third-order valence-corrected chi connectivity index (χ3v) is 5.95. The lowest BCUT2D eigenvalue weighted by Crippen LogP contribution is -2.47. The molecule has 0 aliphatic heterocycles. The van der Waals surface area contributed by atoms with Crippen LogP contribution >= 0.6 is 0 Å². The summed E-state index contributed by atoms with van der Waals surface area (Å²) in [6.07, 6.45) is 1.42. The summed E-state index contributed by atoms with van der Waals surface area (Å²) in [7, 11) is 0. The molecule has 0 spiro atoms. The number of hydrogen-bond acceptors (Lipinski definition) is 4. The first-order chi connectivity index (χ1) is 18.1. The molecule has 0 radical (unpaired) electrons. The molecule has 1 heterocycles. The number of nitrogens with zero attached hydrogens (tertiary/aromatic N) is 1. The lowest BCUT2D eigenvalue weighted by molar-refractivity contribution is 0.0936. The number of urea groups is 1. The molecule has 0 bridgehead atoms. The molecule has 0 aliphatic rings. The Balaban J connectivity index is 1.02. The third-order valence-electron chi connectivity index (χ3n) is 5.95. The molecule has 37 heavy (non-hydrogen) atoms. The van der Waals surface area contributed by atoms with Crippen molar-refractivity contribution in [2.24, 2.45) is 0 Å². The van der Waals surface area contributed by atoms with Crippen molar-refractivity contribution in [1.29, 1.82) is 0 Å². The molecule has 0 saturated heterocycles. The van der Waals surface area contributed by atoms with Gasteiger partial charge >= 0.3 is 6.03 Å². The highest BCUT2D eigenvalue weighted by atomic mass is 16.5. The van der Waals surface area contributed by atoms with Gasteiger partial charge in [-0.15, -0.1) is 0 Å². The monoisotopic (exact) mass is 493 g/mol. The molecule has 0 atom stereocenters. The molecule has 0 saturated carbocycles. The molecule has 3 amide bonds. The number of nitrogens with one attached hydrogen (secondary N) is 4. The van der Waals surface area contributed by atoms with Gasteiger partial charge in [-0.1, -0.05) is 54.6 Å². The van der Waals surface area contributed by atoms with E-state index in [9.17, 15) is 9.59 Å². The molecule has 0 aliphatic carbocycles. The van der Waals surface area contributed by atoms with Crippen LogP contribution in [0.2, 0.25) is 0 Å². The average Bonchev–Trinajstić information content (AvgIpc) is 3.36. The topological polar surface area (TPSA) is 108 Å². The minimum atomic E-state index is -0.474. The fourth-order valence-electron chi connectivity index (χ4n) is 3.99. The zero-order valence-corrected chi connectivity index (χ0v) is 20.2. The highest BCUT2D eigenvalue weighted by Gasteiger charge is 2.08. The Bertz CT molecular complexity index is 1490. The Morgan fingerprint density at radius 1 is 0.838 bits per heavy atom. The molecule has 5 rings (SSSR count). The molecule has 5 aromatic rings. The number of hydrazine groups is 1. The number of benzene rings is 4. The van der Waals surface area contributed by atoms with E-state index in [1.165, 1.54) is 0 Å². The summed E-state index contributed by atoms with van der Waals surface area (Å²) in [5.74, 6) is 1.26. The predicted molar refractivity (Wildman–Crippen MR) is 143 cm³/mol. The highest BCUT2D eigenvalue weighted by molar-refractivity contribution is 5.95. The maximum absolute atomic E-state index is 12.4. The van der Waals surface area contributed by atoms with E-state index in [4.69, 9.17) is 4.74 Å². The number of H-pyrrole nitrogens is 1. The predicted octanol–water partition coefficient (Wildman–Crippen LogP) is 4.87. The van der Waals surface area contributed by atoms with Gasteiger partial charge < -0.3 is 15.0 Å². The van der Waals surface area contributed by atoms with Crippen molar-refractivity contribution in [3.8, 4) is 5.75 Å². The van der Waals surface area contributed by atoms with E-state index in [1.54, 1.807) is 12.1 Å². The van der Waals surface area contributed by atoms with E-state index in [2.05, 4.69) is 32.2 Å². The smallest absolute Gasteiger partial charge is 0.333 e. The minimum Gasteiger partial charge on any atom is -0.489 e. The fraction of sp³-hybridized carbons (Fsp3) is 0.138. The quantitative estimate of drug-likeness (QED) is 0.183. The van der Waals surface area contributed by atoms with Crippen molar-refractivity contribution in [2.45, 2.75) is 19.4 Å². The van der Waals surface area contributed by atoms with E-state index >= 15 is 0 Å². The number of aromatic amines is 1. The summed E-state index contributed by atoms with van der Waals surface area (Å²) in [6, 6.07) is 28.5. The van der Waals surface area contributed by atoms with Gasteiger partial charge in [0.1, 0.15) is 18.2 Å². The second kappa shape index (κ2) is 11.3. The fourth-order valence-corrected chi connectivity index (χ4v) is 3.99. The van der Waals surface area contributed by atoms with Gasteiger partial charge in [-0.2, -0.15) is 0 Å². The Morgan fingerprint density at radius 3 is 2.46 bits per heavy atom. The maximum Gasteiger partial charge on any atom is 0.333 e. The second-order valence-electron chi connectivity index (χ2n) is 8.63. The van der Waals surface area contributed by atoms with Crippen LogP contribution in [0.5, 0.6) is 5.75 Å². The Hall–Kier alpha value is -4.85. The normalized spacial score (nSPS) is 10.8. The molecule has 0 fully saturated rings. The van der Waals surface area contributed by atoms with Crippen LogP contribution in [0.1, 0.15) is 28.2 Å². The summed E-state index contributed by atoms with van der Waals surface area (Å²) in [6.45, 7) is 0.833. The van der Waals surface area contributed by atoms with Crippen LogP contribution in [0.25, 0.3) is 21.8 Å². The van der Waals surface area contributed by atoms with Gasteiger partial charge in [0.25, 0.3) is 5.91 Å². The zero-order valence-electron chi connectivity index (χ0n) is 20.2. The van der Waals surface area contributed by atoms with Crippen LogP contribution in [0.15, 0.2) is 91.0 Å². The third kappa shape index (κ3) is 6.24. The van der Waals surface area contributed by atoms with Crippen LogP contribution in [0, 0.1) is 0 Å². The Kier molecular flexibility index (Phi) is 7.26. The maximum atomic E-state index is 12.4. The first-order valence-electron chi connectivity index (χ1n) is 12.1. The van der Waals surface area contributed by atoms with Crippen LogP contribution in [0.3, 0.4) is 0 Å². The van der Waals surface area contributed by atoms with E-state index in [0.717, 1.165) is 38.9 Å². The number of aryl methyl sites for hydroxylation is 1. The minimum absolute atomic E-state index is 0.384. The number of ether oxygens (including phenoxy) is 1. The number of amides is 3. The van der Waals surface area contributed by atoms with Gasteiger partial charge in [-0.05, 0) is 59.2 Å². The van der Waals surface area contributed by atoms with E-state index in [1.807, 2.05) is 72.8 Å². The molecular weight excluding hydrogens is 466 g/mol. The van der Waals surface area contributed by atoms with Crippen molar-refractivity contribution in [2.75, 3.05) is 6.54 Å². The zero-order chi connectivity index (χ0) is 25.5. The number of hydrogen-bond donors (Lipinski definition) is 4. The second-order valence-corrected chi connectivity index (χ2v) is 8.63. The molecule has 186 valence electrons. The van der Waals surface area contributed by atoms with Crippen LogP contribution in [-0.2, 0) is 13.0 Å². The summed E-state index contributed by atoms with van der Waals surface area (Å²) in [4.78, 5) is 32.2. The number of fused-ring (bicyclic) bond motifs is 2. The number of carbonyl (C=O) groups excluding carboxylic acids is 2. The number of imidazole rings is 1. The Morgan fingerprint density at radius 2 is 1.62 bits per heavy atom. The van der Waals surface area contributed by atoms with Crippen molar-refractivity contribution in [3.63, 3.8) is 0 Å². The Labute approximate surface area is 214 Å². The summed E-state index contributed by atoms with van der Waals surface area (Å²) in [5.41, 5.74) is 8.08. The van der Waals surface area contributed by atoms with E-state index in [-0.39, 0.29) is 0 Å². The largest absolute Gasteiger partial charge is 0.489 e. The lowest BCUT2D eigenvalue weighted by atomic mass is 10.1. The first-order valence-corrected chi connectivity index (χ1v) is 12.1. The van der Waals surface area contributed by atoms with Crippen molar-refractivity contribution in [1.82, 2.24) is 26.1 Å². The number of para-hydroxylation sites is 2. The molecule has 8 heteroatoms. The number of aromatic nitrogens is 2. The molecular formula is C29H27N5O3. The van der Waals surface area contributed by atoms with Gasteiger partial charge in [-0.25, -0.2) is 15.2 Å². The molecule has 4 aromatic carbocycles. The van der Waals surface area contributed by atoms with E-state index < -0.39 is 11.9 Å². The van der Waals surface area contributed by atoms with Crippen molar-refractivity contribution < 1.29 is 14.3 Å². The SMILES string of the molecule is O=C(NCCCc1nc2ccccc2[nH]1)NNC(=O)c1ccc(COc2ccc3ccccc3c2)cc1. The standard InChI is InChI=1S/C29H27N5O3/c35-28(33-34-29(36)30-17-5-10-27-31-25-8-3-4-9-26(25)32-27)22-13-11-20(12-14-22)19-37-24-16-15-21-6-1-2-7-23(21)18-24/h1-4,6-9,11-16,18H,5,10,17,19H2,(H,31,32)(H,33,35)(H2,30,34,36). The van der Waals surface area contributed by atoms with Crippen molar-refractivity contribution in [3.05, 3.63) is 108 Å². The first kappa shape index (κ1) is 23.9.